The molecule has 0 saturated heterocycles. The maximum absolute atomic E-state index is 11.2. The third-order valence-corrected chi connectivity index (χ3v) is 5.59. The number of hydrogen-bond donors (Lipinski definition) is 1. The average Bonchev–Trinajstić information content (AvgIpc) is 2.16. The highest BCUT2D eigenvalue weighted by Crippen LogP contribution is 2.83. The minimum Gasteiger partial charge on any atom is -0.481 e. The first-order valence-corrected chi connectivity index (χ1v) is 5.89. The molecule has 16 heavy (non-hydrogen) atoms. The molecule has 0 heterocycles. The molecule has 3 saturated carbocycles. The SMILES string of the molecule is O=C(O)C12CC(c3ccccc3)(C1)C2(Cl)Cl. The minimum absolute atomic E-state index is 0.351. The van der Waals surface area contributed by atoms with E-state index < -0.39 is 15.7 Å². The van der Waals surface area contributed by atoms with Crippen LogP contribution in [0.3, 0.4) is 0 Å². The van der Waals surface area contributed by atoms with Crippen LogP contribution in [0, 0.1) is 5.41 Å². The lowest BCUT2D eigenvalue weighted by molar-refractivity contribution is -0.200. The van der Waals surface area contributed by atoms with Crippen molar-refractivity contribution in [2.75, 3.05) is 0 Å². The minimum atomic E-state index is -1.16. The van der Waals surface area contributed by atoms with E-state index in [1.165, 1.54) is 0 Å². The van der Waals surface area contributed by atoms with Crippen molar-refractivity contribution in [3.63, 3.8) is 0 Å². The second kappa shape index (κ2) is 2.74. The lowest BCUT2D eigenvalue weighted by atomic mass is 9.32. The summed E-state index contributed by atoms with van der Waals surface area (Å²) >= 11 is 12.5. The fraction of sp³-hybridized carbons (Fsp3) is 0.417. The maximum atomic E-state index is 11.2. The van der Waals surface area contributed by atoms with E-state index in [1.54, 1.807) is 0 Å². The molecule has 1 aromatic rings. The Bertz CT molecular complexity index is 461. The summed E-state index contributed by atoms with van der Waals surface area (Å²) < 4.78 is -1.16. The molecule has 0 radical (unpaired) electrons. The normalized spacial score (nSPS) is 38.4. The fourth-order valence-corrected chi connectivity index (χ4v) is 4.01. The number of hydrogen-bond acceptors (Lipinski definition) is 1. The van der Waals surface area contributed by atoms with Gasteiger partial charge in [-0.1, -0.05) is 53.5 Å². The molecular formula is C12H10Cl2O2. The number of carboxylic acid groups (broad SMARTS) is 1. The zero-order valence-electron chi connectivity index (χ0n) is 8.41. The van der Waals surface area contributed by atoms with Gasteiger partial charge in [-0.2, -0.15) is 0 Å². The van der Waals surface area contributed by atoms with Gasteiger partial charge in [-0.3, -0.25) is 4.79 Å². The molecule has 0 aliphatic heterocycles. The number of aliphatic carboxylic acids is 1. The third kappa shape index (κ3) is 0.823. The van der Waals surface area contributed by atoms with Crippen molar-refractivity contribution in [1.82, 2.24) is 0 Å². The van der Waals surface area contributed by atoms with Gasteiger partial charge in [-0.05, 0) is 18.4 Å². The van der Waals surface area contributed by atoms with E-state index in [4.69, 9.17) is 28.3 Å². The van der Waals surface area contributed by atoms with Gasteiger partial charge >= 0.3 is 5.97 Å². The first-order chi connectivity index (χ1) is 7.46. The van der Waals surface area contributed by atoms with Crippen molar-refractivity contribution in [1.29, 1.82) is 0 Å². The van der Waals surface area contributed by atoms with Crippen LogP contribution >= 0.6 is 23.2 Å². The van der Waals surface area contributed by atoms with Gasteiger partial charge in [0, 0.05) is 5.41 Å². The van der Waals surface area contributed by atoms with E-state index in [9.17, 15) is 4.79 Å². The second-order valence-corrected chi connectivity index (χ2v) is 6.09. The molecule has 2 nitrogen and oxygen atoms in total. The van der Waals surface area contributed by atoms with Crippen molar-refractivity contribution in [2.45, 2.75) is 22.6 Å². The summed E-state index contributed by atoms with van der Waals surface area (Å²) in [5.74, 6) is -0.879. The van der Waals surface area contributed by atoms with E-state index >= 15 is 0 Å². The Balaban J connectivity index is 2.01. The smallest absolute Gasteiger partial charge is 0.312 e. The zero-order valence-corrected chi connectivity index (χ0v) is 9.92. The van der Waals surface area contributed by atoms with E-state index in [-0.39, 0.29) is 5.41 Å². The lowest BCUT2D eigenvalue weighted by Gasteiger charge is -2.76. The molecule has 0 amide bonds. The third-order valence-electron chi connectivity index (χ3n) is 4.14. The quantitative estimate of drug-likeness (QED) is 0.827. The summed E-state index contributed by atoms with van der Waals surface area (Å²) in [5, 5.41) is 9.16. The van der Waals surface area contributed by atoms with Crippen LogP contribution in [-0.4, -0.2) is 15.4 Å². The predicted octanol–water partition coefficient (Wildman–Crippen LogP) is 2.98. The van der Waals surface area contributed by atoms with Crippen molar-refractivity contribution >= 4 is 29.2 Å². The van der Waals surface area contributed by atoms with Crippen LogP contribution in [-0.2, 0) is 10.2 Å². The van der Waals surface area contributed by atoms with E-state index in [1.807, 2.05) is 30.3 Å². The largest absolute Gasteiger partial charge is 0.481 e. The molecule has 84 valence electrons. The molecule has 3 fully saturated rings. The summed E-state index contributed by atoms with van der Waals surface area (Å²) in [7, 11) is 0. The zero-order chi connectivity index (χ0) is 11.6. The average molecular weight is 257 g/mol. The first kappa shape index (κ1) is 10.4. The number of benzene rings is 1. The Labute approximate surface area is 103 Å². The molecule has 4 heteroatoms. The Morgan fingerprint density at radius 3 is 2.19 bits per heavy atom. The highest BCUT2D eigenvalue weighted by Gasteiger charge is 2.88. The van der Waals surface area contributed by atoms with Crippen LogP contribution in [0.5, 0.6) is 0 Å². The second-order valence-electron chi connectivity index (χ2n) is 4.76. The molecule has 3 aliphatic carbocycles. The Morgan fingerprint density at radius 1 is 1.19 bits per heavy atom. The molecular weight excluding hydrogens is 247 g/mol. The van der Waals surface area contributed by atoms with Crippen molar-refractivity contribution in [3.8, 4) is 0 Å². The van der Waals surface area contributed by atoms with Crippen molar-refractivity contribution < 1.29 is 9.90 Å². The Hall–Kier alpha value is -0.730. The molecule has 1 aromatic carbocycles. The molecule has 0 aromatic heterocycles. The van der Waals surface area contributed by atoms with Gasteiger partial charge in [0.1, 0.15) is 9.75 Å². The highest BCUT2D eigenvalue weighted by molar-refractivity contribution is 6.53. The van der Waals surface area contributed by atoms with Crippen LogP contribution in [0.2, 0.25) is 0 Å². The molecule has 3 aliphatic rings. The summed E-state index contributed by atoms with van der Waals surface area (Å²) in [6.07, 6.45) is 1.10. The molecule has 0 unspecified atom stereocenters. The Kier molecular flexibility index (Phi) is 1.79. The topological polar surface area (TPSA) is 37.3 Å². The van der Waals surface area contributed by atoms with Gasteiger partial charge in [-0.15, -0.1) is 0 Å². The predicted molar refractivity (Wildman–Crippen MR) is 61.9 cm³/mol. The van der Waals surface area contributed by atoms with Gasteiger partial charge in [0.15, 0.2) is 0 Å². The fourth-order valence-electron chi connectivity index (χ4n) is 3.10. The summed E-state index contributed by atoms with van der Waals surface area (Å²) in [5.41, 5.74) is -0.232. The van der Waals surface area contributed by atoms with Crippen LogP contribution in [0.25, 0.3) is 0 Å². The highest BCUT2D eigenvalue weighted by atomic mass is 35.5. The number of rotatable bonds is 2. The molecule has 1 N–H and O–H groups in total. The van der Waals surface area contributed by atoms with Crippen molar-refractivity contribution in [3.05, 3.63) is 35.9 Å². The standard InChI is InChI=1S/C12H10Cl2O2/c13-12(14)10(8-4-2-1-3-5-8)6-11(12,7-10)9(15)16/h1-5H,6-7H2,(H,15,16). The van der Waals surface area contributed by atoms with Gasteiger partial charge in [-0.25, -0.2) is 0 Å². The van der Waals surface area contributed by atoms with Crippen LogP contribution < -0.4 is 0 Å². The molecule has 0 spiro atoms. The van der Waals surface area contributed by atoms with E-state index in [0.29, 0.717) is 12.8 Å². The van der Waals surface area contributed by atoms with Crippen molar-refractivity contribution in [2.24, 2.45) is 5.41 Å². The maximum Gasteiger partial charge on any atom is 0.312 e. The number of halogens is 2. The summed E-state index contributed by atoms with van der Waals surface area (Å²) in [4.78, 5) is 11.2. The number of carboxylic acids is 1. The van der Waals surface area contributed by atoms with Crippen LogP contribution in [0.15, 0.2) is 30.3 Å². The lowest BCUT2D eigenvalue weighted by Crippen LogP contribution is -2.82. The van der Waals surface area contributed by atoms with Gasteiger partial charge < -0.3 is 5.11 Å². The van der Waals surface area contributed by atoms with Crippen LogP contribution in [0.4, 0.5) is 0 Å². The van der Waals surface area contributed by atoms with Gasteiger partial charge in [0.25, 0.3) is 0 Å². The number of alkyl halides is 2. The number of carbonyl (C=O) groups is 1. The first-order valence-electron chi connectivity index (χ1n) is 5.13. The van der Waals surface area contributed by atoms with Gasteiger partial charge in [0.2, 0.25) is 0 Å². The Morgan fingerprint density at radius 2 is 1.75 bits per heavy atom. The monoisotopic (exact) mass is 256 g/mol. The summed E-state index contributed by atoms with van der Waals surface area (Å²) in [6.45, 7) is 0. The summed E-state index contributed by atoms with van der Waals surface area (Å²) in [6, 6.07) is 9.70. The molecule has 2 bridgehead atoms. The van der Waals surface area contributed by atoms with E-state index in [2.05, 4.69) is 0 Å². The van der Waals surface area contributed by atoms with Gasteiger partial charge in [0.05, 0.1) is 0 Å². The van der Waals surface area contributed by atoms with Crippen LogP contribution in [0.1, 0.15) is 18.4 Å². The van der Waals surface area contributed by atoms with E-state index in [0.717, 1.165) is 5.56 Å². The molecule has 4 rings (SSSR count). The molecule has 0 atom stereocenters.